The second kappa shape index (κ2) is 11.2. The third-order valence-corrected chi connectivity index (χ3v) is 6.92. The minimum absolute atomic E-state index is 0.0741. The number of carbonyl (C=O) groups is 1. The van der Waals surface area contributed by atoms with Gasteiger partial charge in [-0.25, -0.2) is 9.78 Å². The monoisotopic (exact) mass is 537 g/mol. The molecule has 3 aromatic carbocycles. The molecule has 2 heterocycles. The van der Waals surface area contributed by atoms with Crippen LogP contribution in [0.2, 0.25) is 0 Å². The third-order valence-electron chi connectivity index (χ3n) is 6.04. The molecule has 2 N–H and O–H groups in total. The number of aromatic amines is 1. The van der Waals surface area contributed by atoms with E-state index < -0.39 is 5.97 Å². The summed E-state index contributed by atoms with van der Waals surface area (Å²) in [5.41, 5.74) is 4.05. The summed E-state index contributed by atoms with van der Waals surface area (Å²) in [4.78, 5) is 16.8. The number of rotatable bonds is 9. The summed E-state index contributed by atoms with van der Waals surface area (Å²) in [6, 6.07) is 22.7. The van der Waals surface area contributed by atoms with Crippen molar-refractivity contribution in [1.82, 2.24) is 19.7 Å². The van der Waals surface area contributed by atoms with E-state index in [1.807, 2.05) is 42.6 Å². The van der Waals surface area contributed by atoms with Gasteiger partial charge in [0.1, 0.15) is 16.4 Å². The van der Waals surface area contributed by atoms with Crippen LogP contribution in [0.5, 0.6) is 11.5 Å². The van der Waals surface area contributed by atoms with Gasteiger partial charge in [-0.1, -0.05) is 30.3 Å². The third kappa shape index (κ3) is 5.63. The number of aromatic nitrogens is 4. The van der Waals surface area contributed by atoms with E-state index in [4.69, 9.17) is 14.7 Å². The molecule has 9 nitrogen and oxygen atoms in total. The van der Waals surface area contributed by atoms with Crippen LogP contribution >= 0.6 is 11.8 Å². The zero-order valence-corrected chi connectivity index (χ0v) is 21.9. The number of carboxylic acid groups (broad SMARTS) is 1. The first-order valence-corrected chi connectivity index (χ1v) is 12.6. The largest absolute Gasteiger partial charge is 0.497 e. The Morgan fingerprint density at radius 1 is 1.10 bits per heavy atom. The smallest absolute Gasteiger partial charge is 0.342 e. The molecular formula is C29H23N5O4S. The van der Waals surface area contributed by atoms with Crippen molar-refractivity contribution in [1.29, 1.82) is 5.26 Å². The average molecular weight is 538 g/mol. The number of benzene rings is 3. The Hall–Kier alpha value is -5.01. The molecule has 0 bridgehead atoms. The molecule has 0 fully saturated rings. The molecule has 194 valence electrons. The van der Waals surface area contributed by atoms with Crippen LogP contribution in [-0.4, -0.2) is 45.0 Å². The van der Waals surface area contributed by atoms with Crippen LogP contribution in [0.25, 0.3) is 28.4 Å². The summed E-state index contributed by atoms with van der Waals surface area (Å²) in [6.45, 7) is 0.573. The van der Waals surface area contributed by atoms with Crippen molar-refractivity contribution in [3.05, 3.63) is 94.5 Å². The number of hydrogen-bond donors (Lipinski definition) is 2. The Bertz CT molecular complexity index is 1710. The van der Waals surface area contributed by atoms with Gasteiger partial charge in [0, 0.05) is 40.8 Å². The Morgan fingerprint density at radius 2 is 1.82 bits per heavy atom. The van der Waals surface area contributed by atoms with Crippen LogP contribution in [0, 0.1) is 11.3 Å². The molecule has 2 aromatic heterocycles. The van der Waals surface area contributed by atoms with Crippen LogP contribution in [-0.2, 0) is 11.3 Å². The topological polar surface area (TPSA) is 126 Å². The zero-order valence-electron chi connectivity index (χ0n) is 21.1. The van der Waals surface area contributed by atoms with Gasteiger partial charge in [-0.2, -0.15) is 5.26 Å². The normalized spacial score (nSPS) is 11.4. The quantitative estimate of drug-likeness (QED) is 0.184. The van der Waals surface area contributed by atoms with Gasteiger partial charge in [0.25, 0.3) is 0 Å². The summed E-state index contributed by atoms with van der Waals surface area (Å²) in [5, 5.41) is 27.3. The van der Waals surface area contributed by atoms with Crippen molar-refractivity contribution in [3.63, 3.8) is 0 Å². The van der Waals surface area contributed by atoms with Crippen molar-refractivity contribution in [2.24, 2.45) is 0 Å². The lowest BCUT2D eigenvalue weighted by Gasteiger charge is -2.06. The van der Waals surface area contributed by atoms with Gasteiger partial charge in [0.15, 0.2) is 5.82 Å². The number of methoxy groups -OCH3 is 2. The number of thioether (sulfide) groups is 1. The minimum Gasteiger partial charge on any atom is -0.497 e. The number of para-hydroxylation sites is 1. The lowest BCUT2D eigenvalue weighted by atomic mass is 10.1. The summed E-state index contributed by atoms with van der Waals surface area (Å²) < 4.78 is 12.7. The fourth-order valence-electron chi connectivity index (χ4n) is 4.14. The summed E-state index contributed by atoms with van der Waals surface area (Å²) in [7, 11) is 3.12. The predicted octanol–water partition coefficient (Wildman–Crippen LogP) is 5.58. The number of carboxylic acids is 1. The number of H-pyrrole nitrogens is 1. The molecule has 10 heteroatoms. The Balaban J connectivity index is 1.45. The standard InChI is InChI=1S/C29H23N5O4S/c1-37-22-11-20(12-23(14-22)38-2)27-31-29(33-32-27)39-26(28(35)36)13-21-17-34(25-6-4-3-5-24(21)25)16-19-9-7-18(15-30)8-10-19/h3-14,17H,16H2,1-2H3,(H,35,36)(H,31,32,33)/b26-13-. The molecule has 0 saturated carbocycles. The molecule has 0 aliphatic rings. The van der Waals surface area contributed by atoms with Gasteiger partial charge in [0.2, 0.25) is 5.16 Å². The minimum atomic E-state index is -1.08. The maximum atomic E-state index is 12.2. The molecule has 5 aromatic rings. The van der Waals surface area contributed by atoms with Crippen LogP contribution in [0.4, 0.5) is 0 Å². The Morgan fingerprint density at radius 3 is 2.49 bits per heavy atom. The predicted molar refractivity (Wildman–Crippen MR) is 149 cm³/mol. The molecule has 5 rings (SSSR count). The van der Waals surface area contributed by atoms with E-state index in [1.54, 1.807) is 50.6 Å². The zero-order chi connectivity index (χ0) is 27.4. The fraction of sp³-hybridized carbons (Fsp3) is 0.103. The first-order valence-electron chi connectivity index (χ1n) is 11.8. The van der Waals surface area contributed by atoms with Crippen molar-refractivity contribution in [2.75, 3.05) is 14.2 Å². The first kappa shape index (κ1) is 25.6. The number of hydrogen-bond acceptors (Lipinski definition) is 7. The van der Waals surface area contributed by atoms with Gasteiger partial charge in [0.05, 0.1) is 25.9 Å². The van der Waals surface area contributed by atoms with Crippen LogP contribution < -0.4 is 9.47 Å². The van der Waals surface area contributed by atoms with E-state index in [0.29, 0.717) is 35.0 Å². The maximum absolute atomic E-state index is 12.2. The average Bonchev–Trinajstić information content (AvgIpc) is 3.57. The molecule has 0 amide bonds. The fourth-order valence-corrected chi connectivity index (χ4v) is 4.84. The second-order valence-corrected chi connectivity index (χ2v) is 9.53. The number of nitrogens with zero attached hydrogens (tertiary/aromatic N) is 4. The van der Waals surface area contributed by atoms with E-state index in [1.165, 1.54) is 0 Å². The molecule has 0 saturated heterocycles. The molecule has 39 heavy (non-hydrogen) atoms. The van der Waals surface area contributed by atoms with Crippen molar-refractivity contribution < 1.29 is 19.4 Å². The highest BCUT2D eigenvalue weighted by molar-refractivity contribution is 8.04. The molecule has 0 radical (unpaired) electrons. The first-order chi connectivity index (χ1) is 19.0. The van der Waals surface area contributed by atoms with Crippen LogP contribution in [0.1, 0.15) is 16.7 Å². The number of nitrogens with one attached hydrogen (secondary N) is 1. The van der Waals surface area contributed by atoms with Crippen LogP contribution in [0.3, 0.4) is 0 Å². The Kier molecular flexibility index (Phi) is 7.34. The van der Waals surface area contributed by atoms with E-state index in [-0.39, 0.29) is 10.1 Å². The van der Waals surface area contributed by atoms with E-state index >= 15 is 0 Å². The summed E-state index contributed by atoms with van der Waals surface area (Å²) in [6.07, 6.45) is 3.56. The lowest BCUT2D eigenvalue weighted by molar-refractivity contribution is -0.131. The van der Waals surface area contributed by atoms with Crippen molar-refractivity contribution in [3.8, 4) is 29.0 Å². The Labute approximate surface area is 228 Å². The highest BCUT2D eigenvalue weighted by Crippen LogP contribution is 2.32. The SMILES string of the molecule is COc1cc(OC)cc(-c2nc(S/C(=C\c3cn(Cc4ccc(C#N)cc4)c4ccccc34)C(=O)O)n[nH]2)c1. The van der Waals surface area contributed by atoms with E-state index in [0.717, 1.165) is 33.8 Å². The van der Waals surface area contributed by atoms with Gasteiger partial charge in [-0.3, -0.25) is 5.10 Å². The molecule has 0 unspecified atom stereocenters. The van der Waals surface area contributed by atoms with Crippen LogP contribution in [0.15, 0.2) is 83.0 Å². The number of nitriles is 1. The van der Waals surface area contributed by atoms with E-state index in [2.05, 4.69) is 25.8 Å². The van der Waals surface area contributed by atoms with E-state index in [9.17, 15) is 9.90 Å². The molecule has 0 spiro atoms. The second-order valence-electron chi connectivity index (χ2n) is 8.52. The molecular weight excluding hydrogens is 514 g/mol. The number of fused-ring (bicyclic) bond motifs is 1. The maximum Gasteiger partial charge on any atom is 0.342 e. The molecule has 0 aliphatic carbocycles. The molecule has 0 aliphatic heterocycles. The van der Waals surface area contributed by atoms with Gasteiger partial charge in [-0.05, 0) is 53.7 Å². The highest BCUT2D eigenvalue weighted by atomic mass is 32.2. The van der Waals surface area contributed by atoms with Crippen molar-refractivity contribution >= 4 is 34.7 Å². The number of aliphatic carboxylic acids is 1. The lowest BCUT2D eigenvalue weighted by Crippen LogP contribution is -1.98. The van der Waals surface area contributed by atoms with Gasteiger partial charge >= 0.3 is 5.97 Å². The summed E-state index contributed by atoms with van der Waals surface area (Å²) >= 11 is 0.959. The van der Waals surface area contributed by atoms with Gasteiger partial charge in [-0.15, -0.1) is 5.10 Å². The summed E-state index contributed by atoms with van der Waals surface area (Å²) in [5.74, 6) is 0.564. The van der Waals surface area contributed by atoms with Crippen molar-refractivity contribution in [2.45, 2.75) is 11.7 Å². The molecule has 0 atom stereocenters. The highest BCUT2D eigenvalue weighted by Gasteiger charge is 2.17. The number of ether oxygens (including phenoxy) is 2. The van der Waals surface area contributed by atoms with Gasteiger partial charge < -0.3 is 19.1 Å².